The number of hydrogen-bond acceptors (Lipinski definition) is 5. The second-order valence-electron chi connectivity index (χ2n) is 6.60. The summed E-state index contributed by atoms with van der Waals surface area (Å²) in [4.78, 5) is 29.4. The Bertz CT molecular complexity index is 776. The average molecular weight is 366 g/mol. The number of nitrogens with zero attached hydrogens (tertiary/aromatic N) is 2. The maximum Gasteiger partial charge on any atom is 0.258 e. The molecule has 5 nitrogen and oxygen atoms in total. The molecular weight excluding hydrogens is 342 g/mol. The van der Waals surface area contributed by atoms with E-state index in [1.54, 1.807) is 10.5 Å². The summed E-state index contributed by atoms with van der Waals surface area (Å²) >= 11 is 2.98. The Morgan fingerprint density at radius 3 is 2.92 bits per heavy atom. The molecule has 0 unspecified atom stereocenters. The minimum Gasteiger partial charge on any atom is -0.353 e. The van der Waals surface area contributed by atoms with E-state index < -0.39 is 0 Å². The van der Waals surface area contributed by atoms with E-state index in [9.17, 15) is 9.59 Å². The number of aromatic nitrogens is 2. The van der Waals surface area contributed by atoms with Crippen molar-refractivity contribution in [2.24, 2.45) is 5.92 Å². The molecule has 2 aromatic rings. The van der Waals surface area contributed by atoms with E-state index in [-0.39, 0.29) is 11.5 Å². The topological polar surface area (TPSA) is 63.5 Å². The number of fused-ring (bicyclic) bond motifs is 1. The normalized spacial score (nSPS) is 21.1. The fourth-order valence-corrected chi connectivity index (χ4v) is 4.72. The fraction of sp³-hybridized carbons (Fsp3) is 0.588. The van der Waals surface area contributed by atoms with Gasteiger partial charge in [0.25, 0.3) is 5.56 Å². The van der Waals surface area contributed by atoms with Crippen LogP contribution < -0.4 is 10.9 Å². The molecule has 0 spiro atoms. The van der Waals surface area contributed by atoms with Crippen molar-refractivity contribution >= 4 is 34.0 Å². The molecule has 24 heavy (non-hydrogen) atoms. The van der Waals surface area contributed by atoms with E-state index in [1.165, 1.54) is 35.9 Å². The smallest absolute Gasteiger partial charge is 0.258 e. The van der Waals surface area contributed by atoms with Crippen molar-refractivity contribution in [2.45, 2.75) is 51.3 Å². The molecule has 1 aliphatic carbocycles. The Labute approximate surface area is 149 Å². The monoisotopic (exact) mass is 365 g/mol. The Kier molecular flexibility index (Phi) is 5.61. The number of rotatable bonds is 5. The molecule has 0 aromatic carbocycles. The second kappa shape index (κ2) is 7.70. The highest BCUT2D eigenvalue weighted by atomic mass is 32.2. The molecule has 0 atom stereocenters. The number of thiazole rings is 1. The second-order valence-corrected chi connectivity index (χ2v) is 8.42. The van der Waals surface area contributed by atoms with Crippen molar-refractivity contribution in [2.75, 3.05) is 5.75 Å². The fourth-order valence-electron chi connectivity index (χ4n) is 3.10. The molecule has 0 saturated heterocycles. The standard InChI is InChI=1S/C17H23N3O2S2/c1-11-3-5-13(6-4-11)18-15(21)10-23-9-14-7-16(22)20-12(2)8-24-17(20)19-14/h7-8,11,13H,3-6,9-10H2,1-2H3,(H,18,21). The molecule has 2 heterocycles. The first-order valence-electron chi connectivity index (χ1n) is 8.37. The van der Waals surface area contributed by atoms with E-state index in [2.05, 4.69) is 17.2 Å². The van der Waals surface area contributed by atoms with Gasteiger partial charge in [0.15, 0.2) is 4.96 Å². The quantitative estimate of drug-likeness (QED) is 0.885. The van der Waals surface area contributed by atoms with Crippen molar-refractivity contribution in [1.29, 1.82) is 0 Å². The first-order chi connectivity index (χ1) is 11.5. The van der Waals surface area contributed by atoms with Gasteiger partial charge in [-0.2, -0.15) is 0 Å². The molecule has 0 aliphatic heterocycles. The summed E-state index contributed by atoms with van der Waals surface area (Å²) in [5, 5.41) is 5.06. The SMILES string of the molecule is Cc1csc2nc(CSCC(=O)NC3CCC(C)CC3)cc(=O)n12. The van der Waals surface area contributed by atoms with Crippen LogP contribution in [0.2, 0.25) is 0 Å². The van der Waals surface area contributed by atoms with Crippen LogP contribution in [-0.2, 0) is 10.5 Å². The molecule has 1 N–H and O–H groups in total. The lowest BCUT2D eigenvalue weighted by Crippen LogP contribution is -2.38. The highest BCUT2D eigenvalue weighted by Gasteiger charge is 2.19. The molecule has 0 bridgehead atoms. The van der Waals surface area contributed by atoms with Gasteiger partial charge in [-0.25, -0.2) is 4.98 Å². The van der Waals surface area contributed by atoms with Gasteiger partial charge in [0.2, 0.25) is 5.91 Å². The zero-order chi connectivity index (χ0) is 17.1. The molecule has 1 fully saturated rings. The lowest BCUT2D eigenvalue weighted by atomic mass is 9.87. The summed E-state index contributed by atoms with van der Waals surface area (Å²) < 4.78 is 1.62. The molecule has 7 heteroatoms. The first kappa shape index (κ1) is 17.5. The molecule has 1 amide bonds. The van der Waals surface area contributed by atoms with Crippen LogP contribution in [-0.4, -0.2) is 27.1 Å². The van der Waals surface area contributed by atoms with Crippen molar-refractivity contribution in [1.82, 2.24) is 14.7 Å². The van der Waals surface area contributed by atoms with Gasteiger partial charge >= 0.3 is 0 Å². The highest BCUT2D eigenvalue weighted by molar-refractivity contribution is 7.99. The third kappa shape index (κ3) is 4.19. The summed E-state index contributed by atoms with van der Waals surface area (Å²) in [7, 11) is 0. The average Bonchev–Trinajstić information content (AvgIpc) is 2.91. The maximum atomic E-state index is 12.1. The molecule has 0 radical (unpaired) electrons. The number of aryl methyl sites for hydroxylation is 1. The Balaban J connectivity index is 1.49. The van der Waals surface area contributed by atoms with Gasteiger partial charge in [0.1, 0.15) is 0 Å². The van der Waals surface area contributed by atoms with E-state index >= 15 is 0 Å². The highest BCUT2D eigenvalue weighted by Crippen LogP contribution is 2.23. The Morgan fingerprint density at radius 1 is 1.42 bits per heavy atom. The van der Waals surface area contributed by atoms with Gasteiger partial charge in [0, 0.05) is 28.9 Å². The number of carbonyl (C=O) groups excluding carboxylic acids is 1. The summed E-state index contributed by atoms with van der Waals surface area (Å²) in [6.07, 6.45) is 4.58. The van der Waals surface area contributed by atoms with Crippen molar-refractivity contribution in [3.05, 3.63) is 33.2 Å². The van der Waals surface area contributed by atoms with E-state index in [0.717, 1.165) is 35.1 Å². The number of thioether (sulfide) groups is 1. The number of nitrogens with one attached hydrogen (secondary N) is 1. The summed E-state index contributed by atoms with van der Waals surface area (Å²) in [5.41, 5.74) is 1.61. The van der Waals surface area contributed by atoms with Crippen molar-refractivity contribution in [3.63, 3.8) is 0 Å². The van der Waals surface area contributed by atoms with E-state index in [1.807, 2.05) is 12.3 Å². The molecule has 3 rings (SSSR count). The number of hydrogen-bond donors (Lipinski definition) is 1. The first-order valence-corrected chi connectivity index (χ1v) is 10.4. The molecule has 1 saturated carbocycles. The summed E-state index contributed by atoms with van der Waals surface area (Å²) in [5.74, 6) is 1.87. The van der Waals surface area contributed by atoms with Gasteiger partial charge in [-0.3, -0.25) is 14.0 Å². The number of amides is 1. The summed E-state index contributed by atoms with van der Waals surface area (Å²) in [6, 6.07) is 1.91. The van der Waals surface area contributed by atoms with Gasteiger partial charge in [0.05, 0.1) is 11.4 Å². The lowest BCUT2D eigenvalue weighted by Gasteiger charge is -2.26. The van der Waals surface area contributed by atoms with Gasteiger partial charge in [-0.15, -0.1) is 23.1 Å². The molecular formula is C17H23N3O2S2. The summed E-state index contributed by atoms with van der Waals surface area (Å²) in [6.45, 7) is 4.17. The van der Waals surface area contributed by atoms with Crippen LogP contribution in [0.15, 0.2) is 16.2 Å². The van der Waals surface area contributed by atoms with Gasteiger partial charge in [-0.1, -0.05) is 6.92 Å². The van der Waals surface area contributed by atoms with Gasteiger partial charge in [-0.05, 0) is 38.5 Å². The van der Waals surface area contributed by atoms with Crippen LogP contribution in [0.5, 0.6) is 0 Å². The van der Waals surface area contributed by atoms with E-state index in [0.29, 0.717) is 17.5 Å². The maximum absolute atomic E-state index is 12.1. The third-order valence-corrected chi connectivity index (χ3v) is 6.40. The molecule has 2 aromatic heterocycles. The minimum atomic E-state index is -0.0462. The third-order valence-electron chi connectivity index (χ3n) is 4.49. The van der Waals surface area contributed by atoms with Gasteiger partial charge < -0.3 is 5.32 Å². The zero-order valence-corrected chi connectivity index (χ0v) is 15.7. The predicted molar refractivity (Wildman–Crippen MR) is 99.8 cm³/mol. The van der Waals surface area contributed by atoms with Crippen molar-refractivity contribution < 1.29 is 4.79 Å². The molecule has 130 valence electrons. The molecule has 1 aliphatic rings. The van der Waals surface area contributed by atoms with Crippen LogP contribution in [0.4, 0.5) is 0 Å². The lowest BCUT2D eigenvalue weighted by molar-refractivity contribution is -0.119. The van der Waals surface area contributed by atoms with Crippen molar-refractivity contribution in [3.8, 4) is 0 Å². The Hall–Kier alpha value is -1.34. The predicted octanol–water partition coefficient (Wildman–Crippen LogP) is 2.99. The van der Waals surface area contributed by atoms with Crippen LogP contribution in [0.3, 0.4) is 0 Å². The van der Waals surface area contributed by atoms with E-state index in [4.69, 9.17) is 0 Å². The number of carbonyl (C=O) groups is 1. The zero-order valence-electron chi connectivity index (χ0n) is 14.1. The van der Waals surface area contributed by atoms with Crippen LogP contribution in [0.1, 0.15) is 44.0 Å². The van der Waals surface area contributed by atoms with Crippen LogP contribution in [0.25, 0.3) is 4.96 Å². The largest absolute Gasteiger partial charge is 0.353 e. The van der Waals surface area contributed by atoms with Crippen LogP contribution in [0, 0.1) is 12.8 Å². The minimum absolute atomic E-state index is 0.0462. The Morgan fingerprint density at radius 2 is 2.17 bits per heavy atom. The van der Waals surface area contributed by atoms with Crippen LogP contribution >= 0.6 is 23.1 Å².